The van der Waals surface area contributed by atoms with Crippen molar-refractivity contribution in [2.24, 2.45) is 0 Å². The van der Waals surface area contributed by atoms with E-state index in [0.717, 1.165) is 4.90 Å². The molecule has 0 bridgehead atoms. The zero-order valence-electron chi connectivity index (χ0n) is 12.5. The Labute approximate surface area is 142 Å². The van der Waals surface area contributed by atoms with Crippen LogP contribution in [0.5, 0.6) is 0 Å². The molecule has 120 valence electrons. The zero-order chi connectivity index (χ0) is 16.9. The van der Waals surface area contributed by atoms with Crippen LogP contribution in [0.1, 0.15) is 5.56 Å². The molecule has 0 spiro atoms. The van der Waals surface area contributed by atoms with Crippen molar-refractivity contribution in [1.82, 2.24) is 4.98 Å². The molecule has 0 aliphatic heterocycles. The highest BCUT2D eigenvalue weighted by Crippen LogP contribution is 2.28. The second-order valence-electron chi connectivity index (χ2n) is 5.08. The maximum atomic E-state index is 14.0. The third-order valence-corrected chi connectivity index (χ3v) is 4.21. The molecule has 24 heavy (non-hydrogen) atoms. The van der Waals surface area contributed by atoms with Gasteiger partial charge in [0.05, 0.1) is 18.2 Å². The van der Waals surface area contributed by atoms with Crippen LogP contribution in [0.4, 0.5) is 14.5 Å². The fourth-order valence-electron chi connectivity index (χ4n) is 2.23. The number of anilines is 1. The largest absolute Gasteiger partial charge is 0.360 e. The van der Waals surface area contributed by atoms with Crippen LogP contribution in [0.3, 0.4) is 0 Å². The number of rotatable bonds is 5. The lowest BCUT2D eigenvalue weighted by atomic mass is 10.1. The molecule has 0 atom stereocenters. The van der Waals surface area contributed by atoms with Crippen LogP contribution in [0, 0.1) is 23.0 Å². The molecule has 2 aromatic carbocycles. The number of benzene rings is 2. The van der Waals surface area contributed by atoms with E-state index in [1.807, 2.05) is 6.07 Å². The van der Waals surface area contributed by atoms with Gasteiger partial charge in [0.2, 0.25) is 0 Å². The summed E-state index contributed by atoms with van der Waals surface area (Å²) in [5, 5.41) is 8.63. The van der Waals surface area contributed by atoms with Gasteiger partial charge in [-0.3, -0.25) is 0 Å². The topological polar surface area (TPSA) is 51.6 Å². The minimum absolute atomic E-state index is 0.175. The Morgan fingerprint density at radius 2 is 1.92 bits per heavy atom. The fourth-order valence-corrected chi connectivity index (χ4v) is 2.91. The molecule has 1 aromatic heterocycles. The standard InChI is InChI=1S/C18H13F2N3S/c19-15-4-2-1-3-14(15)18-10-13(11-22-18)24-23-17-6-5-12(7-8-21)9-16(17)20/h1-6,9-11,22-23H,7H2. The van der Waals surface area contributed by atoms with Crippen molar-refractivity contribution < 1.29 is 8.78 Å². The Hall–Kier alpha value is -2.78. The van der Waals surface area contributed by atoms with Gasteiger partial charge in [0, 0.05) is 22.3 Å². The summed E-state index contributed by atoms with van der Waals surface area (Å²) in [5.41, 5.74) is 2.10. The lowest BCUT2D eigenvalue weighted by Crippen LogP contribution is -1.92. The highest BCUT2D eigenvalue weighted by molar-refractivity contribution is 8.00. The zero-order valence-corrected chi connectivity index (χ0v) is 13.3. The van der Waals surface area contributed by atoms with Crippen LogP contribution in [0.2, 0.25) is 0 Å². The molecule has 1 heterocycles. The van der Waals surface area contributed by atoms with E-state index in [1.54, 1.807) is 42.6 Å². The van der Waals surface area contributed by atoms with Gasteiger partial charge >= 0.3 is 0 Å². The summed E-state index contributed by atoms with van der Waals surface area (Å²) in [4.78, 5) is 3.81. The first kappa shape index (κ1) is 16.1. The van der Waals surface area contributed by atoms with Gasteiger partial charge in [-0.05, 0) is 47.8 Å². The van der Waals surface area contributed by atoms with Crippen molar-refractivity contribution in [3.05, 3.63) is 71.9 Å². The molecule has 0 aliphatic rings. The molecule has 0 amide bonds. The lowest BCUT2D eigenvalue weighted by Gasteiger charge is -2.06. The van der Waals surface area contributed by atoms with E-state index in [1.165, 1.54) is 24.1 Å². The van der Waals surface area contributed by atoms with Gasteiger partial charge in [0.25, 0.3) is 0 Å². The van der Waals surface area contributed by atoms with E-state index < -0.39 is 5.82 Å². The summed E-state index contributed by atoms with van der Waals surface area (Å²) in [6, 6.07) is 14.9. The summed E-state index contributed by atoms with van der Waals surface area (Å²) >= 11 is 1.22. The highest BCUT2D eigenvalue weighted by Gasteiger charge is 2.08. The lowest BCUT2D eigenvalue weighted by molar-refractivity contribution is 0.630. The molecular formula is C18H13F2N3S. The number of hydrogen-bond acceptors (Lipinski definition) is 3. The molecule has 0 unspecified atom stereocenters. The average molecular weight is 341 g/mol. The van der Waals surface area contributed by atoms with Crippen LogP contribution in [0.15, 0.2) is 59.6 Å². The highest BCUT2D eigenvalue weighted by atomic mass is 32.2. The third-order valence-electron chi connectivity index (χ3n) is 3.42. The van der Waals surface area contributed by atoms with Crippen molar-refractivity contribution >= 4 is 17.6 Å². The molecule has 3 aromatic rings. The van der Waals surface area contributed by atoms with Crippen LogP contribution < -0.4 is 4.72 Å². The molecule has 0 saturated carbocycles. The van der Waals surface area contributed by atoms with Crippen LogP contribution >= 0.6 is 11.9 Å². The summed E-state index contributed by atoms with van der Waals surface area (Å²) in [6.07, 6.45) is 1.90. The molecular weight excluding hydrogens is 328 g/mol. The number of nitrogens with one attached hydrogen (secondary N) is 2. The maximum Gasteiger partial charge on any atom is 0.147 e. The van der Waals surface area contributed by atoms with Crippen LogP contribution in [-0.2, 0) is 6.42 Å². The summed E-state index contributed by atoms with van der Waals surface area (Å²) in [6.45, 7) is 0. The summed E-state index contributed by atoms with van der Waals surface area (Å²) in [7, 11) is 0. The van der Waals surface area contributed by atoms with Gasteiger partial charge in [-0.1, -0.05) is 18.2 Å². The number of nitriles is 1. The first-order chi connectivity index (χ1) is 11.7. The number of aromatic amines is 1. The second kappa shape index (κ2) is 7.20. The normalized spacial score (nSPS) is 10.4. The molecule has 3 nitrogen and oxygen atoms in total. The molecule has 3 rings (SSSR count). The van der Waals surface area contributed by atoms with E-state index in [2.05, 4.69) is 9.71 Å². The van der Waals surface area contributed by atoms with E-state index in [0.29, 0.717) is 22.5 Å². The van der Waals surface area contributed by atoms with E-state index in [9.17, 15) is 8.78 Å². The Morgan fingerprint density at radius 1 is 1.08 bits per heavy atom. The molecule has 2 N–H and O–H groups in total. The van der Waals surface area contributed by atoms with E-state index in [-0.39, 0.29) is 12.2 Å². The Kier molecular flexibility index (Phi) is 4.82. The summed E-state index contributed by atoms with van der Waals surface area (Å²) in [5.74, 6) is -0.719. The summed E-state index contributed by atoms with van der Waals surface area (Å²) < 4.78 is 30.7. The molecule has 0 radical (unpaired) electrons. The number of nitrogens with zero attached hydrogens (tertiary/aromatic N) is 1. The van der Waals surface area contributed by atoms with Crippen molar-refractivity contribution in [2.75, 3.05) is 4.72 Å². The minimum atomic E-state index is -0.417. The molecule has 0 saturated heterocycles. The number of aromatic nitrogens is 1. The number of H-pyrrole nitrogens is 1. The monoisotopic (exact) mass is 341 g/mol. The van der Waals surface area contributed by atoms with Crippen molar-refractivity contribution in [3.63, 3.8) is 0 Å². The van der Waals surface area contributed by atoms with Gasteiger partial charge in [-0.25, -0.2) is 8.78 Å². The second-order valence-corrected chi connectivity index (χ2v) is 5.96. The van der Waals surface area contributed by atoms with E-state index >= 15 is 0 Å². The van der Waals surface area contributed by atoms with Crippen molar-refractivity contribution in [1.29, 1.82) is 5.26 Å². The predicted octanol–water partition coefficient (Wildman–Crippen LogP) is 5.15. The maximum absolute atomic E-state index is 14.0. The van der Waals surface area contributed by atoms with Crippen molar-refractivity contribution in [2.45, 2.75) is 11.3 Å². The number of halogens is 2. The molecule has 0 aliphatic carbocycles. The van der Waals surface area contributed by atoms with Gasteiger partial charge in [0.1, 0.15) is 11.6 Å². The Bertz CT molecular complexity index is 899. The molecule has 0 fully saturated rings. The van der Waals surface area contributed by atoms with Gasteiger partial charge in [-0.15, -0.1) is 0 Å². The van der Waals surface area contributed by atoms with Gasteiger partial charge in [-0.2, -0.15) is 5.26 Å². The van der Waals surface area contributed by atoms with E-state index in [4.69, 9.17) is 5.26 Å². The SMILES string of the molecule is N#CCc1ccc(NSc2c[nH]c(-c3ccccc3F)c2)c(F)c1. The van der Waals surface area contributed by atoms with Gasteiger partial charge in [0.15, 0.2) is 0 Å². The smallest absolute Gasteiger partial charge is 0.147 e. The Morgan fingerprint density at radius 3 is 2.67 bits per heavy atom. The van der Waals surface area contributed by atoms with Crippen LogP contribution in [-0.4, -0.2) is 4.98 Å². The third kappa shape index (κ3) is 3.58. The van der Waals surface area contributed by atoms with Crippen molar-refractivity contribution in [3.8, 4) is 17.3 Å². The molecule has 6 heteroatoms. The fraction of sp³-hybridized carbons (Fsp3) is 0.0556. The van der Waals surface area contributed by atoms with Gasteiger partial charge < -0.3 is 9.71 Å². The van der Waals surface area contributed by atoms with Crippen LogP contribution in [0.25, 0.3) is 11.3 Å². The first-order valence-electron chi connectivity index (χ1n) is 7.19. The Balaban J connectivity index is 1.70. The first-order valence-corrected chi connectivity index (χ1v) is 8.00. The predicted molar refractivity (Wildman–Crippen MR) is 91.4 cm³/mol. The quantitative estimate of drug-likeness (QED) is 0.631. The number of hydrogen-bond donors (Lipinski definition) is 2. The minimum Gasteiger partial charge on any atom is -0.360 e. The average Bonchev–Trinajstić information content (AvgIpc) is 3.03.